The van der Waals surface area contributed by atoms with E-state index in [-0.39, 0.29) is 18.2 Å². The molecule has 0 saturated carbocycles. The van der Waals surface area contributed by atoms with Crippen LogP contribution >= 0.6 is 0 Å². The zero-order valence-corrected chi connectivity index (χ0v) is 14.1. The highest BCUT2D eigenvalue weighted by Crippen LogP contribution is 2.07. The number of aliphatic hydroxyl groups excluding tert-OH is 1. The van der Waals surface area contributed by atoms with E-state index in [1.54, 1.807) is 6.08 Å². The van der Waals surface area contributed by atoms with Crippen LogP contribution in [0.5, 0.6) is 0 Å². The number of hydrogen-bond acceptors (Lipinski definition) is 3. The summed E-state index contributed by atoms with van der Waals surface area (Å²) >= 11 is 0. The lowest BCUT2D eigenvalue weighted by Crippen LogP contribution is -2.42. The molecular formula is C20H22N2O3. The maximum atomic E-state index is 12.5. The van der Waals surface area contributed by atoms with Crippen molar-refractivity contribution in [2.75, 3.05) is 6.61 Å². The fourth-order valence-corrected chi connectivity index (χ4v) is 2.39. The summed E-state index contributed by atoms with van der Waals surface area (Å²) < 4.78 is 0. The van der Waals surface area contributed by atoms with E-state index in [1.807, 2.05) is 60.7 Å². The average molecular weight is 338 g/mol. The van der Waals surface area contributed by atoms with E-state index in [9.17, 15) is 14.7 Å². The summed E-state index contributed by atoms with van der Waals surface area (Å²) in [6.07, 6.45) is 2.11. The molecule has 1 atom stereocenters. The fraction of sp³-hybridized carbons (Fsp3) is 0.200. The molecule has 0 aliphatic rings. The van der Waals surface area contributed by atoms with Crippen molar-refractivity contribution in [2.24, 2.45) is 0 Å². The fourth-order valence-electron chi connectivity index (χ4n) is 2.39. The molecule has 0 heterocycles. The first-order chi connectivity index (χ1) is 12.1. The molecule has 0 radical (unpaired) electrons. The monoisotopic (exact) mass is 338 g/mol. The van der Waals surface area contributed by atoms with Gasteiger partial charge in [0.2, 0.25) is 5.91 Å². The molecule has 3 N–H and O–H groups in total. The van der Waals surface area contributed by atoms with E-state index < -0.39 is 11.9 Å². The van der Waals surface area contributed by atoms with Crippen molar-refractivity contribution >= 4 is 17.9 Å². The Kier molecular flexibility index (Phi) is 6.92. The highest BCUT2D eigenvalue weighted by Gasteiger charge is 2.16. The number of carbonyl (C=O) groups excluding carboxylic acids is 2. The molecule has 0 aliphatic heterocycles. The maximum absolute atomic E-state index is 12.5. The molecule has 2 rings (SSSR count). The maximum Gasteiger partial charge on any atom is 0.268 e. The van der Waals surface area contributed by atoms with Gasteiger partial charge in [0.25, 0.3) is 5.91 Å². The van der Waals surface area contributed by atoms with E-state index in [1.165, 1.54) is 6.92 Å². The van der Waals surface area contributed by atoms with Crippen LogP contribution in [-0.4, -0.2) is 29.6 Å². The lowest BCUT2D eigenvalue weighted by atomic mass is 10.1. The van der Waals surface area contributed by atoms with Crippen molar-refractivity contribution in [2.45, 2.75) is 19.4 Å². The van der Waals surface area contributed by atoms with E-state index in [4.69, 9.17) is 0 Å². The highest BCUT2D eigenvalue weighted by molar-refractivity contribution is 6.01. The largest absolute Gasteiger partial charge is 0.394 e. The molecule has 25 heavy (non-hydrogen) atoms. The van der Waals surface area contributed by atoms with Crippen molar-refractivity contribution in [1.29, 1.82) is 0 Å². The summed E-state index contributed by atoms with van der Waals surface area (Å²) in [6, 6.07) is 18.4. The van der Waals surface area contributed by atoms with Gasteiger partial charge in [-0.05, 0) is 23.6 Å². The van der Waals surface area contributed by atoms with E-state index >= 15 is 0 Å². The Labute approximate surface area is 147 Å². The van der Waals surface area contributed by atoms with E-state index in [0.29, 0.717) is 6.42 Å². The number of benzene rings is 2. The zero-order chi connectivity index (χ0) is 18.1. The zero-order valence-electron chi connectivity index (χ0n) is 14.1. The molecule has 0 unspecified atom stereocenters. The lowest BCUT2D eigenvalue weighted by Gasteiger charge is -2.18. The highest BCUT2D eigenvalue weighted by atomic mass is 16.3. The van der Waals surface area contributed by atoms with Crippen LogP contribution in [0.1, 0.15) is 18.1 Å². The van der Waals surface area contributed by atoms with Gasteiger partial charge in [-0.25, -0.2) is 0 Å². The Bertz CT molecular complexity index is 727. The van der Waals surface area contributed by atoms with Crippen LogP contribution in [0.2, 0.25) is 0 Å². The minimum Gasteiger partial charge on any atom is -0.394 e. The standard InChI is InChI=1S/C20H22N2O3/c1-15(24)21-19(13-17-10-6-3-7-11-17)20(25)22-18(14-23)12-16-8-4-2-5-9-16/h2-11,13,18,23H,12,14H2,1H3,(H,21,24)(H,22,25)/t18-/m0/s1. The predicted molar refractivity (Wildman–Crippen MR) is 97.4 cm³/mol. The Morgan fingerprint density at radius 3 is 2.20 bits per heavy atom. The van der Waals surface area contributed by atoms with Crippen LogP contribution in [0.3, 0.4) is 0 Å². The third-order valence-corrected chi connectivity index (χ3v) is 3.55. The van der Waals surface area contributed by atoms with Gasteiger partial charge in [0, 0.05) is 6.92 Å². The first-order valence-electron chi connectivity index (χ1n) is 8.08. The average Bonchev–Trinajstić information content (AvgIpc) is 2.62. The van der Waals surface area contributed by atoms with Gasteiger partial charge in [0.15, 0.2) is 0 Å². The van der Waals surface area contributed by atoms with E-state index in [2.05, 4.69) is 10.6 Å². The number of rotatable bonds is 7. The van der Waals surface area contributed by atoms with Gasteiger partial charge in [-0.3, -0.25) is 9.59 Å². The number of carbonyl (C=O) groups is 2. The Balaban J connectivity index is 2.12. The van der Waals surface area contributed by atoms with Crippen LogP contribution in [0.4, 0.5) is 0 Å². The van der Waals surface area contributed by atoms with Crippen LogP contribution in [-0.2, 0) is 16.0 Å². The smallest absolute Gasteiger partial charge is 0.268 e. The van der Waals surface area contributed by atoms with Crippen molar-refractivity contribution in [3.8, 4) is 0 Å². The SMILES string of the molecule is CC(=O)NC(=Cc1ccccc1)C(=O)N[C@H](CO)Cc1ccccc1. The first-order valence-corrected chi connectivity index (χ1v) is 8.08. The van der Waals surface area contributed by atoms with Gasteiger partial charge in [-0.15, -0.1) is 0 Å². The molecule has 0 fully saturated rings. The second-order valence-electron chi connectivity index (χ2n) is 5.69. The van der Waals surface area contributed by atoms with Crippen molar-refractivity contribution in [3.63, 3.8) is 0 Å². The van der Waals surface area contributed by atoms with Gasteiger partial charge in [0.05, 0.1) is 12.6 Å². The van der Waals surface area contributed by atoms with Gasteiger partial charge in [-0.1, -0.05) is 60.7 Å². The van der Waals surface area contributed by atoms with Crippen LogP contribution in [0.25, 0.3) is 6.08 Å². The number of nitrogens with one attached hydrogen (secondary N) is 2. The Morgan fingerprint density at radius 2 is 1.64 bits per heavy atom. The molecule has 0 aliphatic carbocycles. The molecular weight excluding hydrogens is 316 g/mol. The van der Waals surface area contributed by atoms with Gasteiger partial charge in [-0.2, -0.15) is 0 Å². The predicted octanol–water partition coefficient (Wildman–Crippen LogP) is 1.88. The quantitative estimate of drug-likeness (QED) is 0.675. The van der Waals surface area contributed by atoms with Gasteiger partial charge >= 0.3 is 0 Å². The number of hydrogen-bond donors (Lipinski definition) is 3. The first kappa shape index (κ1) is 18.4. The van der Waals surface area contributed by atoms with Crippen molar-refractivity contribution in [1.82, 2.24) is 10.6 Å². The van der Waals surface area contributed by atoms with Crippen molar-refractivity contribution < 1.29 is 14.7 Å². The van der Waals surface area contributed by atoms with E-state index in [0.717, 1.165) is 11.1 Å². The third kappa shape index (κ3) is 6.24. The van der Waals surface area contributed by atoms with Crippen LogP contribution in [0, 0.1) is 0 Å². The third-order valence-electron chi connectivity index (χ3n) is 3.55. The van der Waals surface area contributed by atoms with Gasteiger partial charge in [0.1, 0.15) is 5.70 Å². The van der Waals surface area contributed by atoms with Crippen molar-refractivity contribution in [3.05, 3.63) is 77.5 Å². The summed E-state index contributed by atoms with van der Waals surface area (Å²) in [5.74, 6) is -0.769. The molecule has 2 amide bonds. The molecule has 5 heteroatoms. The summed E-state index contributed by atoms with van der Waals surface area (Å²) in [7, 11) is 0. The molecule has 2 aromatic rings. The molecule has 2 aromatic carbocycles. The lowest BCUT2D eigenvalue weighted by molar-refractivity contribution is -0.123. The summed E-state index contributed by atoms with van der Waals surface area (Å²) in [5.41, 5.74) is 1.95. The Hall–Kier alpha value is -2.92. The Morgan fingerprint density at radius 1 is 1.04 bits per heavy atom. The molecule has 0 aromatic heterocycles. The second kappa shape index (κ2) is 9.39. The summed E-state index contributed by atoms with van der Waals surface area (Å²) in [4.78, 5) is 24.0. The topological polar surface area (TPSA) is 78.4 Å². The van der Waals surface area contributed by atoms with Crippen LogP contribution < -0.4 is 10.6 Å². The summed E-state index contributed by atoms with van der Waals surface area (Å²) in [6.45, 7) is 1.15. The molecule has 0 spiro atoms. The minimum absolute atomic E-state index is 0.144. The minimum atomic E-state index is -0.442. The molecule has 5 nitrogen and oxygen atoms in total. The van der Waals surface area contributed by atoms with Gasteiger partial charge < -0.3 is 15.7 Å². The normalized spacial score (nSPS) is 12.3. The molecule has 130 valence electrons. The number of amides is 2. The van der Waals surface area contributed by atoms with Crippen LogP contribution in [0.15, 0.2) is 66.4 Å². The second-order valence-corrected chi connectivity index (χ2v) is 5.69. The summed E-state index contributed by atoms with van der Waals surface area (Å²) in [5, 5.41) is 14.9. The molecule has 0 saturated heterocycles. The number of aliphatic hydroxyl groups is 1. The molecule has 0 bridgehead atoms.